The van der Waals surface area contributed by atoms with Crippen molar-refractivity contribution in [3.63, 3.8) is 0 Å². The van der Waals surface area contributed by atoms with E-state index in [1.54, 1.807) is 13.8 Å². The molecule has 0 amide bonds. The summed E-state index contributed by atoms with van der Waals surface area (Å²) in [6.07, 6.45) is -1.67. The molecule has 10 heteroatoms. The Morgan fingerprint density at radius 3 is 2.36 bits per heavy atom. The average Bonchev–Trinajstić information content (AvgIpc) is 2.73. The van der Waals surface area contributed by atoms with E-state index in [2.05, 4.69) is 4.74 Å². The van der Waals surface area contributed by atoms with Crippen LogP contribution in [0.15, 0.2) is 0 Å². The van der Waals surface area contributed by atoms with Crippen LogP contribution in [0.25, 0.3) is 0 Å². The second kappa shape index (κ2) is 6.34. The highest BCUT2D eigenvalue weighted by Crippen LogP contribution is 2.37. The second-order valence-corrected chi connectivity index (χ2v) is 7.71. The van der Waals surface area contributed by atoms with Gasteiger partial charge in [0.1, 0.15) is 0 Å². The van der Waals surface area contributed by atoms with Gasteiger partial charge < -0.3 is 14.9 Å². The van der Waals surface area contributed by atoms with Gasteiger partial charge >= 0.3 is 21.3 Å². The smallest absolute Gasteiger partial charge is 0.428 e. The number of aliphatic hydroxyl groups excluding tert-OH is 1. The summed E-state index contributed by atoms with van der Waals surface area (Å²) in [6, 6.07) is 0. The van der Waals surface area contributed by atoms with Gasteiger partial charge in [-0.05, 0) is 45.4 Å². The number of esters is 1. The lowest BCUT2D eigenvalue weighted by Gasteiger charge is -2.22. The molecule has 22 heavy (non-hydrogen) atoms. The fourth-order valence-electron chi connectivity index (χ4n) is 2.58. The van der Waals surface area contributed by atoms with Crippen LogP contribution in [0.5, 0.6) is 0 Å². The van der Waals surface area contributed by atoms with Crippen LogP contribution in [-0.2, 0) is 19.6 Å². The number of aliphatic hydroxyl groups is 2. The zero-order valence-corrected chi connectivity index (χ0v) is 13.0. The van der Waals surface area contributed by atoms with E-state index in [4.69, 9.17) is 9.66 Å². The number of carbonyl (C=O) groups excluding carboxylic acids is 1. The van der Waals surface area contributed by atoms with Crippen LogP contribution in [0.3, 0.4) is 0 Å². The zero-order chi connectivity index (χ0) is 17.3. The standard InChI is InChI=1S/C12H20F2O7S/c1-11(2,17)6-7-3-4-8(5-7)9(15)21-10(16)12(13,14)22(18,19)20/h7-8,10,16-17H,3-6H2,1-2H3,(H,18,19,20). The van der Waals surface area contributed by atoms with E-state index in [9.17, 15) is 27.1 Å². The molecule has 0 spiro atoms. The van der Waals surface area contributed by atoms with Crippen LogP contribution in [0.2, 0.25) is 0 Å². The van der Waals surface area contributed by atoms with E-state index in [1.165, 1.54) is 0 Å². The summed E-state index contributed by atoms with van der Waals surface area (Å²) < 4.78 is 59.4. The molecule has 1 fully saturated rings. The minimum atomic E-state index is -5.90. The van der Waals surface area contributed by atoms with Crippen LogP contribution >= 0.6 is 0 Å². The first-order valence-corrected chi connectivity index (χ1v) is 8.14. The summed E-state index contributed by atoms with van der Waals surface area (Å²) in [5.74, 6) is -1.93. The maximum atomic E-state index is 13.1. The molecule has 1 saturated carbocycles. The molecule has 7 nitrogen and oxygen atoms in total. The molecule has 0 radical (unpaired) electrons. The van der Waals surface area contributed by atoms with Crippen molar-refractivity contribution >= 4 is 16.1 Å². The summed E-state index contributed by atoms with van der Waals surface area (Å²) in [7, 11) is -5.90. The largest absolute Gasteiger partial charge is 0.430 e. The predicted molar refractivity (Wildman–Crippen MR) is 70.3 cm³/mol. The van der Waals surface area contributed by atoms with Gasteiger partial charge in [-0.3, -0.25) is 9.35 Å². The van der Waals surface area contributed by atoms with E-state index in [-0.39, 0.29) is 12.3 Å². The molecule has 3 atom stereocenters. The van der Waals surface area contributed by atoms with Gasteiger partial charge in [-0.25, -0.2) is 0 Å². The van der Waals surface area contributed by atoms with E-state index in [1.807, 2.05) is 0 Å². The molecule has 0 aromatic carbocycles. The Kier molecular flexibility index (Phi) is 5.54. The summed E-state index contributed by atoms with van der Waals surface area (Å²) in [5, 5.41) is 13.7. The van der Waals surface area contributed by atoms with E-state index in [0.29, 0.717) is 19.3 Å². The average molecular weight is 346 g/mol. The third kappa shape index (κ3) is 4.83. The molecule has 0 saturated heterocycles. The van der Waals surface area contributed by atoms with Gasteiger partial charge in [0.2, 0.25) is 0 Å². The van der Waals surface area contributed by atoms with Crippen molar-refractivity contribution in [1.82, 2.24) is 0 Å². The number of hydrogen-bond acceptors (Lipinski definition) is 6. The molecule has 0 heterocycles. The molecule has 1 aliphatic rings. The maximum absolute atomic E-state index is 13.1. The third-order valence-corrected chi connectivity index (χ3v) is 4.41. The highest BCUT2D eigenvalue weighted by molar-refractivity contribution is 7.86. The van der Waals surface area contributed by atoms with Gasteiger partial charge in [0.05, 0.1) is 11.5 Å². The first-order valence-electron chi connectivity index (χ1n) is 6.70. The van der Waals surface area contributed by atoms with Gasteiger partial charge in [0.15, 0.2) is 0 Å². The number of ether oxygens (including phenoxy) is 1. The van der Waals surface area contributed by atoms with Crippen LogP contribution in [0.1, 0.15) is 39.5 Å². The molecule has 1 rings (SSSR count). The second-order valence-electron chi connectivity index (χ2n) is 6.22. The van der Waals surface area contributed by atoms with E-state index >= 15 is 0 Å². The minimum absolute atomic E-state index is 0.00298. The van der Waals surface area contributed by atoms with E-state index < -0.39 is 39.2 Å². The Morgan fingerprint density at radius 1 is 1.36 bits per heavy atom. The van der Waals surface area contributed by atoms with Gasteiger partial charge in [-0.2, -0.15) is 17.2 Å². The minimum Gasteiger partial charge on any atom is -0.428 e. The highest BCUT2D eigenvalue weighted by atomic mass is 32.2. The zero-order valence-electron chi connectivity index (χ0n) is 12.2. The molecular weight excluding hydrogens is 326 g/mol. The number of carbonyl (C=O) groups is 1. The summed E-state index contributed by atoms with van der Waals surface area (Å²) in [6.45, 7) is 3.21. The van der Waals surface area contributed by atoms with Crippen LogP contribution in [0.4, 0.5) is 8.78 Å². The molecule has 0 aliphatic heterocycles. The monoisotopic (exact) mass is 346 g/mol. The van der Waals surface area contributed by atoms with Crippen LogP contribution < -0.4 is 0 Å². The Labute approximate surface area is 127 Å². The van der Waals surface area contributed by atoms with Crippen LogP contribution in [0, 0.1) is 11.8 Å². The summed E-state index contributed by atoms with van der Waals surface area (Å²) in [5.41, 5.74) is -0.930. The third-order valence-electron chi connectivity index (χ3n) is 3.52. The first kappa shape index (κ1) is 19.2. The number of alkyl halides is 2. The SMILES string of the molecule is CC(C)(O)CC1CCC(C(=O)OC(O)C(F)(F)S(=O)(=O)O)C1. The first-order chi connectivity index (χ1) is 9.74. The van der Waals surface area contributed by atoms with Crippen LogP contribution in [-0.4, -0.2) is 46.3 Å². The number of halogens is 2. The van der Waals surface area contributed by atoms with Crippen molar-refractivity contribution < 1.29 is 41.5 Å². The maximum Gasteiger partial charge on any atom is 0.430 e. The highest BCUT2D eigenvalue weighted by Gasteiger charge is 2.54. The van der Waals surface area contributed by atoms with Crippen molar-refractivity contribution in [1.29, 1.82) is 0 Å². The van der Waals surface area contributed by atoms with Gasteiger partial charge in [-0.1, -0.05) is 0 Å². The normalized spacial score (nSPS) is 25.0. The number of rotatable bonds is 6. The van der Waals surface area contributed by atoms with E-state index in [0.717, 1.165) is 0 Å². The molecule has 0 aromatic rings. The molecule has 3 unspecified atom stereocenters. The molecule has 0 aromatic heterocycles. The summed E-state index contributed by atoms with van der Waals surface area (Å²) in [4.78, 5) is 11.7. The topological polar surface area (TPSA) is 121 Å². The lowest BCUT2D eigenvalue weighted by Crippen LogP contribution is -2.44. The fraction of sp³-hybridized carbons (Fsp3) is 0.917. The lowest BCUT2D eigenvalue weighted by molar-refractivity contribution is -0.208. The van der Waals surface area contributed by atoms with Crippen molar-refractivity contribution in [3.8, 4) is 0 Å². The van der Waals surface area contributed by atoms with Crippen molar-refractivity contribution in [2.24, 2.45) is 11.8 Å². The molecule has 3 N–H and O–H groups in total. The molecule has 0 bridgehead atoms. The van der Waals surface area contributed by atoms with Gasteiger partial charge in [0, 0.05) is 0 Å². The Balaban J connectivity index is 2.61. The molecule has 1 aliphatic carbocycles. The Bertz CT molecular complexity index is 512. The predicted octanol–water partition coefficient (Wildman–Crippen LogP) is 0.906. The van der Waals surface area contributed by atoms with Crippen molar-refractivity contribution in [3.05, 3.63) is 0 Å². The lowest BCUT2D eigenvalue weighted by atomic mass is 9.92. The quantitative estimate of drug-likeness (QED) is 0.371. The van der Waals surface area contributed by atoms with Gasteiger partial charge in [0.25, 0.3) is 6.29 Å². The van der Waals surface area contributed by atoms with Crippen molar-refractivity contribution in [2.75, 3.05) is 0 Å². The van der Waals surface area contributed by atoms with Gasteiger partial charge in [-0.15, -0.1) is 0 Å². The Hall–Kier alpha value is -0.840. The Morgan fingerprint density at radius 2 is 1.91 bits per heavy atom. The van der Waals surface area contributed by atoms with Crippen molar-refractivity contribution in [2.45, 2.75) is 56.7 Å². The molecule has 130 valence electrons. The number of hydrogen-bond donors (Lipinski definition) is 3. The molecular formula is C12H20F2O7S. The summed E-state index contributed by atoms with van der Waals surface area (Å²) >= 11 is 0. The fourth-order valence-corrected chi connectivity index (χ4v) is 2.89.